The van der Waals surface area contributed by atoms with Crippen molar-refractivity contribution in [3.63, 3.8) is 0 Å². The predicted octanol–water partition coefficient (Wildman–Crippen LogP) is -4.29. The highest BCUT2D eigenvalue weighted by atomic mass is 16.4. The number of nitrogens with two attached hydrogens (primary N) is 3. The van der Waals surface area contributed by atoms with E-state index in [1.807, 2.05) is 0 Å². The molecule has 0 bridgehead atoms. The van der Waals surface area contributed by atoms with Crippen LogP contribution in [-0.4, -0.2) is 136 Å². The second-order valence-electron chi connectivity index (χ2n) is 13.7. The predicted molar refractivity (Wildman–Crippen MR) is 194 cm³/mol. The molecular formula is C33H55N11O11. The van der Waals surface area contributed by atoms with E-state index in [-0.39, 0.29) is 44.2 Å². The van der Waals surface area contributed by atoms with Gasteiger partial charge >= 0.3 is 11.9 Å². The molecule has 2 fully saturated rings. The Morgan fingerprint density at radius 1 is 0.800 bits per heavy atom. The molecule has 2 aliphatic heterocycles. The first-order valence-corrected chi connectivity index (χ1v) is 18.2. The molecule has 55 heavy (non-hydrogen) atoms. The minimum Gasteiger partial charge on any atom is -0.481 e. The Kier molecular flexibility index (Phi) is 18.2. The van der Waals surface area contributed by atoms with Crippen molar-refractivity contribution in [3.8, 4) is 0 Å². The summed E-state index contributed by atoms with van der Waals surface area (Å²) in [7, 11) is 0. The molecule has 0 aromatic heterocycles. The Morgan fingerprint density at radius 3 is 2.00 bits per heavy atom. The SMILES string of the molecule is CC[C@H](C)[C@H](NC(=O)[C@H](C)NC(=O)[C@@H]1CCCN1)C(=O)N[C@@H](CC(N)=O)C(=O)N[C@@H](CCCN=C(N)N)C(=O)N[C@@H](CC(=O)O)C(=O)N1CCC[C@H]1C(=O)O. The van der Waals surface area contributed by atoms with Gasteiger partial charge in [0.05, 0.1) is 18.9 Å². The molecule has 0 radical (unpaired) electrons. The van der Waals surface area contributed by atoms with Crippen molar-refractivity contribution in [2.24, 2.45) is 28.1 Å². The monoisotopic (exact) mass is 781 g/mol. The number of carbonyl (C=O) groups is 9. The molecule has 2 heterocycles. The lowest BCUT2D eigenvalue weighted by Gasteiger charge is -2.29. The zero-order valence-corrected chi connectivity index (χ0v) is 31.3. The third-order valence-corrected chi connectivity index (χ3v) is 9.35. The lowest BCUT2D eigenvalue weighted by atomic mass is 9.97. The highest BCUT2D eigenvalue weighted by Gasteiger charge is 2.40. The van der Waals surface area contributed by atoms with Crippen molar-refractivity contribution in [1.82, 2.24) is 36.8 Å². The number of hydrogen-bond donors (Lipinski definition) is 11. The number of guanidine groups is 1. The van der Waals surface area contributed by atoms with Gasteiger partial charge in [-0.15, -0.1) is 0 Å². The molecule has 22 nitrogen and oxygen atoms in total. The second-order valence-corrected chi connectivity index (χ2v) is 13.7. The standard InChI is InChI=1S/C33H55N11O11/c1-4-16(2)25(43-26(48)17(3)39-27(49)18-8-5-11-37-18)30(52)41-20(14-23(34)45)29(51)40-19(9-6-12-38-33(35)36)28(50)42-21(15-24(46)47)31(53)44-13-7-10-22(44)32(54)55/h16-22,25,37H,4-15H2,1-3H3,(H2,34,45)(H,39,49)(H,40,51)(H,41,52)(H,42,50)(H,43,48)(H,46,47)(H,54,55)(H4,35,36,38)/t16-,17-,18-,19-,20-,21-,22-,25-/m0/s1. The van der Waals surface area contributed by atoms with E-state index in [1.165, 1.54) is 6.92 Å². The average molecular weight is 782 g/mol. The first-order chi connectivity index (χ1) is 25.9. The van der Waals surface area contributed by atoms with E-state index in [9.17, 15) is 53.4 Å². The summed E-state index contributed by atoms with van der Waals surface area (Å²) in [6.45, 7) is 5.52. The highest BCUT2D eigenvalue weighted by molar-refractivity contribution is 5.99. The normalized spacial score (nSPS) is 19.7. The number of carboxylic acids is 2. The summed E-state index contributed by atoms with van der Waals surface area (Å²) in [5, 5.41) is 34.4. The van der Waals surface area contributed by atoms with Gasteiger partial charge in [-0.25, -0.2) is 4.79 Å². The number of nitrogens with one attached hydrogen (secondary N) is 6. The minimum atomic E-state index is -1.72. The van der Waals surface area contributed by atoms with Gasteiger partial charge in [0.25, 0.3) is 0 Å². The molecule has 2 aliphatic rings. The van der Waals surface area contributed by atoms with E-state index < -0.39 is 108 Å². The van der Waals surface area contributed by atoms with E-state index in [0.717, 1.165) is 11.3 Å². The molecule has 8 atom stereocenters. The zero-order chi connectivity index (χ0) is 41.4. The number of likely N-dealkylation sites (tertiary alicyclic amines) is 1. The Morgan fingerprint density at radius 2 is 1.44 bits per heavy atom. The van der Waals surface area contributed by atoms with E-state index in [2.05, 4.69) is 36.9 Å². The second kappa shape index (κ2) is 22.0. The van der Waals surface area contributed by atoms with E-state index in [1.54, 1.807) is 13.8 Å². The van der Waals surface area contributed by atoms with E-state index in [0.29, 0.717) is 25.8 Å². The van der Waals surface area contributed by atoms with E-state index in [4.69, 9.17) is 17.2 Å². The molecular weight excluding hydrogens is 726 g/mol. The fourth-order valence-corrected chi connectivity index (χ4v) is 6.12. The maximum absolute atomic E-state index is 13.7. The van der Waals surface area contributed by atoms with Gasteiger partial charge in [-0.3, -0.25) is 43.3 Å². The van der Waals surface area contributed by atoms with Crippen LogP contribution in [0.15, 0.2) is 4.99 Å². The third-order valence-electron chi connectivity index (χ3n) is 9.35. The number of rotatable bonds is 22. The minimum absolute atomic E-state index is 0.0125. The molecule has 22 heteroatoms. The smallest absolute Gasteiger partial charge is 0.326 e. The molecule has 308 valence electrons. The maximum atomic E-state index is 13.7. The summed E-state index contributed by atoms with van der Waals surface area (Å²) in [5.41, 5.74) is 16.2. The van der Waals surface area contributed by atoms with Gasteiger partial charge in [0.15, 0.2) is 5.96 Å². The van der Waals surface area contributed by atoms with Crippen molar-refractivity contribution in [2.45, 2.75) is 121 Å². The third kappa shape index (κ3) is 14.7. The molecule has 14 N–H and O–H groups in total. The van der Waals surface area contributed by atoms with Crippen molar-refractivity contribution in [3.05, 3.63) is 0 Å². The number of carboxylic acid groups (broad SMARTS) is 2. The molecule has 0 aromatic carbocycles. The highest BCUT2D eigenvalue weighted by Crippen LogP contribution is 2.19. The lowest BCUT2D eigenvalue weighted by Crippen LogP contribution is -2.61. The Hall–Kier alpha value is -5.54. The van der Waals surface area contributed by atoms with Crippen LogP contribution in [0.3, 0.4) is 0 Å². The largest absolute Gasteiger partial charge is 0.481 e. The average Bonchev–Trinajstić information content (AvgIpc) is 3.83. The summed E-state index contributed by atoms with van der Waals surface area (Å²) in [5.74, 6) is -9.55. The van der Waals surface area contributed by atoms with Gasteiger partial charge in [-0.2, -0.15) is 0 Å². The molecule has 0 aromatic rings. The van der Waals surface area contributed by atoms with Crippen LogP contribution in [-0.2, 0) is 43.2 Å². The van der Waals surface area contributed by atoms with Crippen LogP contribution in [0.4, 0.5) is 0 Å². The number of hydrogen-bond acceptors (Lipinski definition) is 11. The molecule has 0 unspecified atom stereocenters. The van der Waals surface area contributed by atoms with Crippen LogP contribution in [0.5, 0.6) is 0 Å². The van der Waals surface area contributed by atoms with Crippen LogP contribution >= 0.6 is 0 Å². The first-order valence-electron chi connectivity index (χ1n) is 18.2. The number of amides is 7. The first kappa shape index (κ1) is 45.6. The summed E-state index contributed by atoms with van der Waals surface area (Å²) in [6.07, 6.45) is 0.482. The van der Waals surface area contributed by atoms with Gasteiger partial charge in [0, 0.05) is 13.1 Å². The Bertz CT molecular complexity index is 1470. The van der Waals surface area contributed by atoms with Crippen molar-refractivity contribution in [1.29, 1.82) is 0 Å². The van der Waals surface area contributed by atoms with Crippen molar-refractivity contribution in [2.75, 3.05) is 19.6 Å². The van der Waals surface area contributed by atoms with Crippen LogP contribution in [0.1, 0.15) is 78.6 Å². The van der Waals surface area contributed by atoms with Gasteiger partial charge in [-0.05, 0) is 57.9 Å². The number of aliphatic carboxylic acids is 2. The van der Waals surface area contributed by atoms with Crippen molar-refractivity contribution >= 4 is 59.2 Å². The molecule has 2 rings (SSSR count). The van der Waals surface area contributed by atoms with Crippen LogP contribution in [0.2, 0.25) is 0 Å². The maximum Gasteiger partial charge on any atom is 0.326 e. The summed E-state index contributed by atoms with van der Waals surface area (Å²) >= 11 is 0. The van der Waals surface area contributed by atoms with Crippen LogP contribution < -0.4 is 49.1 Å². The molecule has 0 aliphatic carbocycles. The number of primary amides is 1. The Balaban J connectivity index is 2.29. The molecule has 0 saturated carbocycles. The molecule has 7 amide bonds. The van der Waals surface area contributed by atoms with Gasteiger partial charge in [0.2, 0.25) is 41.4 Å². The molecule has 2 saturated heterocycles. The number of nitrogens with zero attached hydrogens (tertiary/aromatic N) is 2. The fraction of sp³-hybridized carbons (Fsp3) is 0.697. The quantitative estimate of drug-likeness (QED) is 0.0281. The lowest BCUT2D eigenvalue weighted by molar-refractivity contribution is -0.150. The molecule has 0 spiro atoms. The van der Waals surface area contributed by atoms with Gasteiger partial charge in [0.1, 0.15) is 36.3 Å². The summed E-state index contributed by atoms with van der Waals surface area (Å²) in [4.78, 5) is 120. The zero-order valence-electron chi connectivity index (χ0n) is 31.3. The summed E-state index contributed by atoms with van der Waals surface area (Å²) < 4.78 is 0. The van der Waals surface area contributed by atoms with E-state index >= 15 is 0 Å². The summed E-state index contributed by atoms with van der Waals surface area (Å²) in [6, 6.07) is -8.87. The van der Waals surface area contributed by atoms with Crippen molar-refractivity contribution < 1.29 is 53.4 Å². The fourth-order valence-electron chi connectivity index (χ4n) is 6.12. The van der Waals surface area contributed by atoms with Gasteiger partial charge < -0.3 is 64.2 Å². The van der Waals surface area contributed by atoms with Crippen LogP contribution in [0.25, 0.3) is 0 Å². The number of carbonyl (C=O) groups excluding carboxylic acids is 7. The number of aliphatic imine (C=N–C) groups is 1. The van der Waals surface area contributed by atoms with Gasteiger partial charge in [-0.1, -0.05) is 20.3 Å². The Labute approximate surface area is 317 Å². The topological polar surface area (TPSA) is 360 Å². The van der Waals surface area contributed by atoms with Crippen LogP contribution in [0, 0.1) is 5.92 Å².